The van der Waals surface area contributed by atoms with Gasteiger partial charge in [0.2, 0.25) is 0 Å². The van der Waals surface area contributed by atoms with Gasteiger partial charge in [0, 0.05) is 7.05 Å². The van der Waals surface area contributed by atoms with Crippen molar-refractivity contribution < 1.29 is 4.39 Å². The highest BCUT2D eigenvalue weighted by Gasteiger charge is 2.07. The lowest BCUT2D eigenvalue weighted by Crippen LogP contribution is -2.07. The first-order valence-corrected chi connectivity index (χ1v) is 4.72. The summed E-state index contributed by atoms with van der Waals surface area (Å²) in [5.41, 5.74) is 0.312. The van der Waals surface area contributed by atoms with Crippen LogP contribution in [0.4, 0.5) is 10.2 Å². The van der Waals surface area contributed by atoms with Crippen LogP contribution in [-0.2, 0) is 13.6 Å². The third kappa shape index (κ3) is 2.13. The largest absolute Gasteiger partial charge is 0.360 e. The van der Waals surface area contributed by atoms with Crippen LogP contribution in [0, 0.1) is 12.7 Å². The lowest BCUT2D eigenvalue weighted by atomic mass is 10.4. The molecule has 0 fully saturated rings. The van der Waals surface area contributed by atoms with E-state index in [9.17, 15) is 4.39 Å². The Kier molecular flexibility index (Phi) is 2.76. The third-order valence-electron chi connectivity index (χ3n) is 2.02. The summed E-state index contributed by atoms with van der Waals surface area (Å²) in [7, 11) is 1.77. The summed E-state index contributed by atoms with van der Waals surface area (Å²) in [5, 5.41) is 6.87. The van der Waals surface area contributed by atoms with Gasteiger partial charge in [-0.05, 0) is 6.92 Å². The van der Waals surface area contributed by atoms with Crippen LogP contribution in [0.5, 0.6) is 0 Å². The van der Waals surface area contributed by atoms with E-state index in [2.05, 4.69) is 25.4 Å². The molecule has 0 aliphatic rings. The fourth-order valence-corrected chi connectivity index (χ4v) is 1.21. The van der Waals surface area contributed by atoms with Crippen molar-refractivity contribution in [3.8, 4) is 0 Å². The minimum absolute atomic E-state index is 0.167. The van der Waals surface area contributed by atoms with Gasteiger partial charge in [0.05, 0.1) is 12.2 Å². The molecule has 1 N–H and O–H groups in total. The number of nitrogens with one attached hydrogen (secondary N) is 1. The number of halogens is 1. The van der Waals surface area contributed by atoms with E-state index in [1.165, 1.54) is 6.33 Å². The molecule has 0 amide bonds. The molecular formula is C9H11FN6. The van der Waals surface area contributed by atoms with Crippen molar-refractivity contribution in [2.24, 2.45) is 7.05 Å². The lowest BCUT2D eigenvalue weighted by Gasteiger charge is -2.04. The van der Waals surface area contributed by atoms with Crippen molar-refractivity contribution in [3.63, 3.8) is 0 Å². The van der Waals surface area contributed by atoms with Crippen molar-refractivity contribution in [3.05, 3.63) is 30.0 Å². The van der Waals surface area contributed by atoms with Crippen LogP contribution in [-0.4, -0.2) is 24.7 Å². The van der Waals surface area contributed by atoms with Crippen LogP contribution < -0.4 is 5.32 Å². The van der Waals surface area contributed by atoms with Gasteiger partial charge in [0.15, 0.2) is 17.5 Å². The Morgan fingerprint density at radius 2 is 2.19 bits per heavy atom. The quantitative estimate of drug-likeness (QED) is 0.826. The maximum atomic E-state index is 13.5. The Morgan fingerprint density at radius 3 is 2.88 bits per heavy atom. The zero-order chi connectivity index (χ0) is 11.5. The van der Waals surface area contributed by atoms with E-state index < -0.39 is 5.82 Å². The maximum absolute atomic E-state index is 13.5. The second kappa shape index (κ2) is 4.21. The monoisotopic (exact) mass is 222 g/mol. The van der Waals surface area contributed by atoms with E-state index in [4.69, 9.17) is 0 Å². The van der Waals surface area contributed by atoms with Gasteiger partial charge in [-0.1, -0.05) is 0 Å². The number of nitrogens with zero attached hydrogens (tertiary/aromatic N) is 5. The van der Waals surface area contributed by atoms with Gasteiger partial charge >= 0.3 is 0 Å². The van der Waals surface area contributed by atoms with Crippen molar-refractivity contribution in [2.45, 2.75) is 13.5 Å². The molecule has 0 aliphatic carbocycles. The van der Waals surface area contributed by atoms with Gasteiger partial charge < -0.3 is 5.32 Å². The highest BCUT2D eigenvalue weighted by molar-refractivity contribution is 5.36. The molecule has 7 heteroatoms. The molecule has 84 valence electrons. The molecule has 0 aromatic carbocycles. The van der Waals surface area contributed by atoms with Crippen LogP contribution >= 0.6 is 0 Å². The number of aromatic nitrogens is 5. The molecule has 0 aliphatic heterocycles. The van der Waals surface area contributed by atoms with E-state index in [1.807, 2.05) is 0 Å². The van der Waals surface area contributed by atoms with Crippen LogP contribution in [0.15, 0.2) is 12.7 Å². The fourth-order valence-electron chi connectivity index (χ4n) is 1.21. The average Bonchev–Trinajstić information content (AvgIpc) is 2.67. The van der Waals surface area contributed by atoms with Crippen molar-refractivity contribution in [1.29, 1.82) is 0 Å². The molecule has 6 nitrogen and oxygen atoms in total. The zero-order valence-corrected chi connectivity index (χ0v) is 8.98. The number of aryl methyl sites for hydroxylation is 2. The first-order chi connectivity index (χ1) is 7.66. The van der Waals surface area contributed by atoms with E-state index in [-0.39, 0.29) is 5.82 Å². The molecule has 2 aromatic rings. The van der Waals surface area contributed by atoms with Crippen LogP contribution in [0.1, 0.15) is 11.5 Å². The summed E-state index contributed by atoms with van der Waals surface area (Å²) < 4.78 is 15.1. The standard InChI is InChI=1S/C9H11FN6/c1-6-8(10)9(13-4-12-6)11-3-7-14-5-16(2)15-7/h4-5H,3H2,1-2H3,(H,11,12,13). The van der Waals surface area contributed by atoms with Gasteiger partial charge in [-0.15, -0.1) is 0 Å². The summed E-state index contributed by atoms with van der Waals surface area (Å²) in [6, 6.07) is 0. The summed E-state index contributed by atoms with van der Waals surface area (Å²) in [4.78, 5) is 11.5. The van der Waals surface area contributed by atoms with Crippen molar-refractivity contribution >= 4 is 5.82 Å². The van der Waals surface area contributed by atoms with Gasteiger partial charge in [-0.3, -0.25) is 4.68 Å². The average molecular weight is 222 g/mol. The van der Waals surface area contributed by atoms with E-state index in [0.29, 0.717) is 18.1 Å². The number of anilines is 1. The summed E-state index contributed by atoms with van der Waals surface area (Å²) in [6.07, 6.45) is 2.89. The van der Waals surface area contributed by atoms with E-state index in [0.717, 1.165) is 0 Å². The maximum Gasteiger partial charge on any atom is 0.186 e. The first kappa shape index (κ1) is 10.5. The SMILES string of the molecule is Cc1ncnc(NCc2ncn(C)n2)c1F. The molecular weight excluding hydrogens is 211 g/mol. The molecule has 0 atom stereocenters. The van der Waals surface area contributed by atoms with Gasteiger partial charge in [0.25, 0.3) is 0 Å². The Labute approximate surface area is 91.6 Å². The third-order valence-corrected chi connectivity index (χ3v) is 2.02. The summed E-state index contributed by atoms with van der Waals surface area (Å²) in [5.74, 6) is 0.302. The lowest BCUT2D eigenvalue weighted by molar-refractivity contribution is 0.604. The Balaban J connectivity index is 2.07. The second-order valence-corrected chi connectivity index (χ2v) is 3.31. The van der Waals surface area contributed by atoms with Gasteiger partial charge in [-0.2, -0.15) is 5.10 Å². The predicted molar refractivity (Wildman–Crippen MR) is 55.1 cm³/mol. The number of rotatable bonds is 3. The van der Waals surface area contributed by atoms with Crippen LogP contribution in [0.25, 0.3) is 0 Å². The molecule has 2 rings (SSSR count). The molecule has 2 heterocycles. The highest BCUT2D eigenvalue weighted by Crippen LogP contribution is 2.11. The van der Waals surface area contributed by atoms with Crippen molar-refractivity contribution in [2.75, 3.05) is 5.32 Å². The molecule has 16 heavy (non-hydrogen) atoms. The summed E-state index contributed by atoms with van der Waals surface area (Å²) >= 11 is 0. The van der Waals surface area contributed by atoms with Gasteiger partial charge in [0.1, 0.15) is 12.7 Å². The molecule has 0 bridgehead atoms. The molecule has 2 aromatic heterocycles. The number of hydrogen-bond acceptors (Lipinski definition) is 5. The van der Waals surface area contributed by atoms with Crippen LogP contribution in [0.2, 0.25) is 0 Å². The number of hydrogen-bond donors (Lipinski definition) is 1. The zero-order valence-electron chi connectivity index (χ0n) is 8.98. The second-order valence-electron chi connectivity index (χ2n) is 3.31. The fraction of sp³-hybridized carbons (Fsp3) is 0.333. The van der Waals surface area contributed by atoms with Crippen molar-refractivity contribution in [1.82, 2.24) is 24.7 Å². The minimum Gasteiger partial charge on any atom is -0.360 e. The molecule has 0 saturated carbocycles. The predicted octanol–water partition coefficient (Wildman–Crippen LogP) is 0.665. The van der Waals surface area contributed by atoms with Gasteiger partial charge in [-0.25, -0.2) is 19.3 Å². The smallest absolute Gasteiger partial charge is 0.186 e. The topological polar surface area (TPSA) is 68.5 Å². The van der Waals surface area contributed by atoms with E-state index >= 15 is 0 Å². The summed E-state index contributed by atoms with van der Waals surface area (Å²) in [6.45, 7) is 1.91. The minimum atomic E-state index is -0.446. The molecule has 0 spiro atoms. The Bertz CT molecular complexity index is 494. The highest BCUT2D eigenvalue weighted by atomic mass is 19.1. The molecule has 0 unspecified atom stereocenters. The van der Waals surface area contributed by atoms with Crippen LogP contribution in [0.3, 0.4) is 0 Å². The first-order valence-electron chi connectivity index (χ1n) is 4.72. The molecule has 0 saturated heterocycles. The Hall–Kier alpha value is -2.05. The van der Waals surface area contributed by atoms with E-state index in [1.54, 1.807) is 25.0 Å². The Morgan fingerprint density at radius 1 is 1.38 bits per heavy atom. The normalized spacial score (nSPS) is 10.4. The molecule has 0 radical (unpaired) electrons.